The smallest absolute Gasteiger partial charge is 0.298 e. The molecule has 2 amide bonds. The zero-order valence-corrected chi connectivity index (χ0v) is 21.6. The first-order valence-corrected chi connectivity index (χ1v) is 12.4. The Hall–Kier alpha value is -4.36. The van der Waals surface area contributed by atoms with Gasteiger partial charge in [-0.25, -0.2) is 0 Å². The van der Waals surface area contributed by atoms with Gasteiger partial charge in [-0.1, -0.05) is 42.5 Å². The molecule has 0 saturated carbocycles. The molecule has 10 heteroatoms. The van der Waals surface area contributed by atoms with Crippen molar-refractivity contribution in [2.24, 2.45) is 0 Å². The third kappa shape index (κ3) is 4.46. The second-order valence-corrected chi connectivity index (χ2v) is 9.72. The highest BCUT2D eigenvalue weighted by Crippen LogP contribution is 2.37. The van der Waals surface area contributed by atoms with Gasteiger partial charge >= 0.3 is 0 Å². The molecular formula is C28H20BrF2N5O2. The summed E-state index contributed by atoms with van der Waals surface area (Å²) in [6, 6.07) is 19.6. The normalized spacial score (nSPS) is 15.1. The topological polar surface area (TPSA) is 91.0 Å². The molecule has 190 valence electrons. The average Bonchev–Trinajstić information content (AvgIpc) is 3.35. The van der Waals surface area contributed by atoms with Crippen molar-refractivity contribution in [2.75, 3.05) is 10.2 Å². The highest BCUT2D eigenvalue weighted by molar-refractivity contribution is 9.10. The minimum atomic E-state index is -3.19. The molecule has 3 aromatic carbocycles. The molecule has 5 rings (SSSR count). The number of nitriles is 1. The molecule has 1 aromatic heterocycles. The van der Waals surface area contributed by atoms with Crippen LogP contribution in [0.15, 0.2) is 83.5 Å². The summed E-state index contributed by atoms with van der Waals surface area (Å²) in [6.45, 7) is 2.13. The summed E-state index contributed by atoms with van der Waals surface area (Å²) in [5.41, 5.74) is 1.01. The maximum atomic E-state index is 15.0. The highest BCUT2D eigenvalue weighted by Gasteiger charge is 2.37. The molecule has 4 aromatic rings. The van der Waals surface area contributed by atoms with Crippen LogP contribution in [0.2, 0.25) is 0 Å². The molecule has 1 atom stereocenters. The van der Waals surface area contributed by atoms with E-state index in [1.165, 1.54) is 58.2 Å². The van der Waals surface area contributed by atoms with Crippen LogP contribution in [0.1, 0.15) is 44.5 Å². The van der Waals surface area contributed by atoms with Gasteiger partial charge in [0.1, 0.15) is 11.8 Å². The summed E-state index contributed by atoms with van der Waals surface area (Å²) < 4.78 is 32.1. The molecule has 1 aliphatic rings. The molecule has 38 heavy (non-hydrogen) atoms. The van der Waals surface area contributed by atoms with Crippen molar-refractivity contribution < 1.29 is 18.4 Å². The number of amides is 2. The van der Waals surface area contributed by atoms with E-state index in [1.807, 2.05) is 13.0 Å². The summed E-state index contributed by atoms with van der Waals surface area (Å²) in [5, 5.41) is 16.2. The molecule has 0 unspecified atom stereocenters. The van der Waals surface area contributed by atoms with E-state index in [0.29, 0.717) is 28.0 Å². The second-order valence-electron chi connectivity index (χ2n) is 8.86. The maximum absolute atomic E-state index is 15.0. The van der Waals surface area contributed by atoms with Crippen LogP contribution in [0.4, 0.5) is 20.2 Å². The lowest BCUT2D eigenvalue weighted by Gasteiger charge is -2.34. The second kappa shape index (κ2) is 9.84. The molecule has 0 spiro atoms. The molecule has 2 heterocycles. The Morgan fingerprint density at radius 1 is 1.11 bits per heavy atom. The van der Waals surface area contributed by atoms with Crippen molar-refractivity contribution in [3.8, 4) is 6.07 Å². The summed E-state index contributed by atoms with van der Waals surface area (Å²) in [6.07, 6.45) is 1.33. The van der Waals surface area contributed by atoms with Gasteiger partial charge in [-0.15, -0.1) is 0 Å². The van der Waals surface area contributed by atoms with Crippen LogP contribution in [0, 0.1) is 11.3 Å². The van der Waals surface area contributed by atoms with E-state index in [0.717, 1.165) is 0 Å². The largest absolute Gasteiger partial charge is 0.322 e. The number of carbonyl (C=O) groups excluding carboxylic acids is 2. The van der Waals surface area contributed by atoms with Gasteiger partial charge in [-0.3, -0.25) is 14.3 Å². The number of nitrogens with zero attached hydrogens (tertiary/aromatic N) is 4. The Balaban J connectivity index is 1.42. The van der Waals surface area contributed by atoms with E-state index in [1.54, 1.807) is 30.3 Å². The fourth-order valence-corrected chi connectivity index (χ4v) is 4.80. The first kappa shape index (κ1) is 25.3. The van der Waals surface area contributed by atoms with E-state index in [-0.39, 0.29) is 28.4 Å². The minimum Gasteiger partial charge on any atom is -0.322 e. The summed E-state index contributed by atoms with van der Waals surface area (Å²) in [4.78, 5) is 28.2. The monoisotopic (exact) mass is 575 g/mol. The fourth-order valence-electron chi connectivity index (χ4n) is 4.47. The Morgan fingerprint density at radius 2 is 1.79 bits per heavy atom. The number of hydrogen-bond acceptors (Lipinski definition) is 4. The number of aromatic nitrogens is 2. The van der Waals surface area contributed by atoms with Crippen LogP contribution < -0.4 is 10.2 Å². The lowest BCUT2D eigenvalue weighted by molar-refractivity contribution is 0.0428. The van der Waals surface area contributed by atoms with Crippen LogP contribution in [0.5, 0.6) is 0 Å². The van der Waals surface area contributed by atoms with Gasteiger partial charge in [-0.2, -0.15) is 19.1 Å². The summed E-state index contributed by atoms with van der Waals surface area (Å²) in [5.74, 6) is -4.22. The number of hydrogen-bond donors (Lipinski definition) is 1. The van der Waals surface area contributed by atoms with E-state index >= 15 is 8.78 Å². The van der Waals surface area contributed by atoms with Crippen LogP contribution in [0.3, 0.4) is 0 Å². The number of alkyl halides is 2. The third-order valence-electron chi connectivity index (χ3n) is 6.37. The predicted octanol–water partition coefficient (Wildman–Crippen LogP) is 5.96. The lowest BCUT2D eigenvalue weighted by atomic mass is 9.99. The quantitative estimate of drug-likeness (QED) is 0.318. The Labute approximate surface area is 225 Å². The minimum absolute atomic E-state index is 0.0700. The number of benzene rings is 3. The molecule has 1 aliphatic heterocycles. The van der Waals surface area contributed by atoms with Crippen LogP contribution in [-0.2, 0) is 12.5 Å². The van der Waals surface area contributed by atoms with Gasteiger partial charge in [0.15, 0.2) is 0 Å². The number of rotatable bonds is 5. The number of halogens is 3. The van der Waals surface area contributed by atoms with Crippen molar-refractivity contribution in [1.82, 2.24) is 9.78 Å². The number of anilines is 2. The average molecular weight is 576 g/mol. The predicted molar refractivity (Wildman–Crippen MR) is 141 cm³/mol. The molecule has 1 N–H and O–H groups in total. The molecule has 0 saturated heterocycles. The van der Waals surface area contributed by atoms with Gasteiger partial charge in [-0.05, 0) is 53.2 Å². The fraction of sp³-hybridized carbons (Fsp3) is 0.143. The molecule has 0 fully saturated rings. The maximum Gasteiger partial charge on any atom is 0.298 e. The summed E-state index contributed by atoms with van der Waals surface area (Å²) >= 11 is 3.27. The van der Waals surface area contributed by atoms with Crippen LogP contribution in [-0.4, -0.2) is 27.6 Å². The Morgan fingerprint density at radius 3 is 2.47 bits per heavy atom. The van der Waals surface area contributed by atoms with Crippen molar-refractivity contribution in [3.63, 3.8) is 0 Å². The molecular weight excluding hydrogens is 556 g/mol. The van der Waals surface area contributed by atoms with Gasteiger partial charge in [0, 0.05) is 27.0 Å². The SMILES string of the molecule is C[C@H]1Cn2ncc(C(=O)Nc3ccc(Br)c(C#N)c3)c2C(=O)N1c1ccc(C(F)(F)c2ccccc2)cc1. The van der Waals surface area contributed by atoms with E-state index in [4.69, 9.17) is 0 Å². The van der Waals surface area contributed by atoms with E-state index in [2.05, 4.69) is 26.3 Å². The number of fused-ring (bicyclic) bond motifs is 1. The van der Waals surface area contributed by atoms with Crippen molar-refractivity contribution >= 4 is 39.1 Å². The Kier molecular flexibility index (Phi) is 6.55. The van der Waals surface area contributed by atoms with Gasteiger partial charge in [0.05, 0.1) is 29.9 Å². The third-order valence-corrected chi connectivity index (χ3v) is 7.06. The first-order valence-electron chi connectivity index (χ1n) is 11.6. The highest BCUT2D eigenvalue weighted by atomic mass is 79.9. The standard InChI is InChI=1S/C28H20BrF2N5O2/c1-17-16-35-25(23(15-33-35)26(37)34-21-9-12-24(29)18(13-21)14-32)27(38)36(17)22-10-7-20(8-11-22)28(30,31)19-5-3-2-4-6-19/h2-13,15,17H,16H2,1H3,(H,34,37)/t17-/m0/s1. The molecule has 0 bridgehead atoms. The van der Waals surface area contributed by atoms with Gasteiger partial charge in [0.25, 0.3) is 17.7 Å². The molecule has 7 nitrogen and oxygen atoms in total. The van der Waals surface area contributed by atoms with Crippen LogP contribution >= 0.6 is 15.9 Å². The number of carbonyl (C=O) groups is 2. The Bertz CT molecular complexity index is 1580. The number of nitrogens with one attached hydrogen (secondary N) is 1. The summed E-state index contributed by atoms with van der Waals surface area (Å²) in [7, 11) is 0. The van der Waals surface area contributed by atoms with E-state index < -0.39 is 17.7 Å². The van der Waals surface area contributed by atoms with Gasteiger partial charge in [0.2, 0.25) is 0 Å². The van der Waals surface area contributed by atoms with Crippen molar-refractivity contribution in [1.29, 1.82) is 5.26 Å². The van der Waals surface area contributed by atoms with Crippen LogP contribution in [0.25, 0.3) is 0 Å². The first-order chi connectivity index (χ1) is 18.2. The van der Waals surface area contributed by atoms with Crippen molar-refractivity contribution in [2.45, 2.75) is 25.4 Å². The zero-order chi connectivity index (χ0) is 27.0. The molecule has 0 aliphatic carbocycles. The zero-order valence-electron chi connectivity index (χ0n) is 20.0. The molecule has 0 radical (unpaired) electrons. The lowest BCUT2D eigenvalue weighted by Crippen LogP contribution is -2.47. The van der Waals surface area contributed by atoms with Gasteiger partial charge < -0.3 is 10.2 Å². The van der Waals surface area contributed by atoms with E-state index in [9.17, 15) is 14.9 Å². The van der Waals surface area contributed by atoms with Crippen molar-refractivity contribution in [3.05, 3.63) is 111 Å².